The molecule has 0 fully saturated rings. The Bertz CT molecular complexity index is 1500. The van der Waals surface area contributed by atoms with Gasteiger partial charge < -0.3 is 4.74 Å². The van der Waals surface area contributed by atoms with Crippen LogP contribution in [0, 0.1) is 0 Å². The molecule has 4 nitrogen and oxygen atoms in total. The number of anilines is 3. The highest BCUT2D eigenvalue weighted by Crippen LogP contribution is 2.51. The van der Waals surface area contributed by atoms with Crippen molar-refractivity contribution >= 4 is 17.3 Å². The van der Waals surface area contributed by atoms with Crippen molar-refractivity contribution in [3.05, 3.63) is 126 Å². The van der Waals surface area contributed by atoms with Gasteiger partial charge in [-0.25, -0.2) is 4.98 Å². The summed E-state index contributed by atoms with van der Waals surface area (Å²) in [5, 5.41) is 0. The molecule has 0 amide bonds. The van der Waals surface area contributed by atoms with Gasteiger partial charge in [0.25, 0.3) is 0 Å². The zero-order chi connectivity index (χ0) is 23.8. The topological polar surface area (TPSA) is 38.2 Å². The molecule has 0 aliphatic carbocycles. The maximum absolute atomic E-state index is 6.12. The fraction of sp³-hybridized carbons (Fsp3) is 0.0968. The molecule has 0 N–H and O–H groups in total. The van der Waals surface area contributed by atoms with E-state index in [2.05, 4.69) is 67.3 Å². The number of ether oxygens (including phenoxy) is 1. The van der Waals surface area contributed by atoms with Crippen LogP contribution in [0.3, 0.4) is 0 Å². The van der Waals surface area contributed by atoms with Crippen molar-refractivity contribution in [1.82, 2.24) is 9.97 Å². The van der Waals surface area contributed by atoms with Crippen molar-refractivity contribution in [3.8, 4) is 22.9 Å². The first kappa shape index (κ1) is 21.1. The van der Waals surface area contributed by atoms with Crippen LogP contribution in [-0.4, -0.2) is 9.97 Å². The van der Waals surface area contributed by atoms with Gasteiger partial charge in [0.05, 0.1) is 11.4 Å². The summed E-state index contributed by atoms with van der Waals surface area (Å²) in [5.74, 6) is 2.96. The van der Waals surface area contributed by atoms with Crippen LogP contribution in [0.5, 0.6) is 11.6 Å². The summed E-state index contributed by atoms with van der Waals surface area (Å²) in [5.41, 5.74) is 5.21. The smallest absolute Gasteiger partial charge is 0.221 e. The largest absolute Gasteiger partial charge is 0.439 e. The molecule has 1 aliphatic heterocycles. The van der Waals surface area contributed by atoms with Gasteiger partial charge in [-0.3, -0.25) is 4.90 Å². The van der Waals surface area contributed by atoms with Gasteiger partial charge in [0.2, 0.25) is 5.88 Å². The fourth-order valence-corrected chi connectivity index (χ4v) is 4.76. The maximum atomic E-state index is 6.12. The molecular weight excluding hydrogens is 430 g/mol. The third kappa shape index (κ3) is 3.73. The third-order valence-corrected chi connectivity index (χ3v) is 6.55. The summed E-state index contributed by atoms with van der Waals surface area (Å²) in [6.07, 6.45) is 0. The molecule has 0 radical (unpaired) electrons. The van der Waals surface area contributed by atoms with Crippen LogP contribution in [0.15, 0.2) is 115 Å². The minimum absolute atomic E-state index is 0.224. The van der Waals surface area contributed by atoms with Gasteiger partial charge in [0, 0.05) is 22.6 Å². The SMILES string of the molecule is CC1(C)c2ccccc2N(c2cccc(-c3ccccc3)n2)c2nc(Oc3ccccc3)ccc21. The molecule has 2 aromatic heterocycles. The fourth-order valence-electron chi connectivity index (χ4n) is 4.76. The van der Waals surface area contributed by atoms with Gasteiger partial charge in [-0.2, -0.15) is 4.98 Å². The van der Waals surface area contributed by atoms with Gasteiger partial charge >= 0.3 is 0 Å². The lowest BCUT2D eigenvalue weighted by atomic mass is 9.75. The number of pyridine rings is 2. The molecule has 35 heavy (non-hydrogen) atoms. The molecule has 0 bridgehead atoms. The van der Waals surface area contributed by atoms with Crippen molar-refractivity contribution in [3.63, 3.8) is 0 Å². The minimum atomic E-state index is -0.224. The van der Waals surface area contributed by atoms with E-state index in [1.807, 2.05) is 66.7 Å². The van der Waals surface area contributed by atoms with Crippen LogP contribution in [0.4, 0.5) is 17.3 Å². The molecule has 170 valence electrons. The van der Waals surface area contributed by atoms with Gasteiger partial charge in [-0.15, -0.1) is 0 Å². The minimum Gasteiger partial charge on any atom is -0.439 e. The Morgan fingerprint density at radius 3 is 2.14 bits per heavy atom. The lowest BCUT2D eigenvalue weighted by Crippen LogP contribution is -2.31. The molecule has 4 heteroatoms. The van der Waals surface area contributed by atoms with E-state index in [-0.39, 0.29) is 5.41 Å². The standard InChI is InChI=1S/C31H25N3O/c1-31(2)24-16-9-10-18-27(24)34(28-19-11-17-26(32-28)22-12-5-3-6-13-22)30-25(31)20-21-29(33-30)35-23-14-7-4-8-15-23/h3-21H,1-2H3. The molecule has 1 aliphatic rings. The first-order valence-corrected chi connectivity index (χ1v) is 11.8. The van der Waals surface area contributed by atoms with E-state index in [9.17, 15) is 0 Å². The zero-order valence-electron chi connectivity index (χ0n) is 19.7. The average molecular weight is 456 g/mol. The third-order valence-electron chi connectivity index (χ3n) is 6.55. The van der Waals surface area contributed by atoms with Crippen LogP contribution >= 0.6 is 0 Å². The van der Waals surface area contributed by atoms with Crippen LogP contribution in [-0.2, 0) is 5.41 Å². The second-order valence-electron chi connectivity index (χ2n) is 9.16. The average Bonchev–Trinajstić information content (AvgIpc) is 2.90. The first-order valence-electron chi connectivity index (χ1n) is 11.8. The Labute approximate surface area is 205 Å². The van der Waals surface area contributed by atoms with E-state index in [4.69, 9.17) is 14.7 Å². The number of benzene rings is 3. The predicted octanol–water partition coefficient (Wildman–Crippen LogP) is 8.05. The maximum Gasteiger partial charge on any atom is 0.221 e. The second-order valence-corrected chi connectivity index (χ2v) is 9.16. The molecule has 3 aromatic carbocycles. The summed E-state index contributed by atoms with van der Waals surface area (Å²) >= 11 is 0. The van der Waals surface area contributed by atoms with Crippen molar-refractivity contribution in [2.45, 2.75) is 19.3 Å². The lowest BCUT2D eigenvalue weighted by Gasteiger charge is -2.40. The normalized spacial score (nSPS) is 13.6. The Balaban J connectivity index is 1.53. The number of hydrogen-bond acceptors (Lipinski definition) is 4. The molecule has 0 unspecified atom stereocenters. The van der Waals surface area contributed by atoms with Crippen molar-refractivity contribution < 1.29 is 4.74 Å². The predicted molar refractivity (Wildman–Crippen MR) is 141 cm³/mol. The summed E-state index contributed by atoms with van der Waals surface area (Å²) in [6, 6.07) is 38.7. The molecule has 0 saturated carbocycles. The van der Waals surface area contributed by atoms with Crippen LogP contribution in [0.1, 0.15) is 25.0 Å². The van der Waals surface area contributed by atoms with Crippen molar-refractivity contribution in [2.24, 2.45) is 0 Å². The molecule has 0 spiro atoms. The van der Waals surface area contributed by atoms with E-state index in [0.717, 1.165) is 39.9 Å². The second kappa shape index (κ2) is 8.41. The zero-order valence-corrected chi connectivity index (χ0v) is 19.7. The van der Waals surface area contributed by atoms with Crippen molar-refractivity contribution in [2.75, 3.05) is 4.90 Å². The Morgan fingerprint density at radius 2 is 1.34 bits per heavy atom. The number of nitrogens with zero attached hydrogens (tertiary/aromatic N) is 3. The molecule has 3 heterocycles. The van der Waals surface area contributed by atoms with E-state index >= 15 is 0 Å². The molecule has 0 saturated heterocycles. The highest BCUT2D eigenvalue weighted by Gasteiger charge is 2.38. The summed E-state index contributed by atoms with van der Waals surface area (Å²) in [6.45, 7) is 4.49. The molecule has 0 atom stereocenters. The monoisotopic (exact) mass is 455 g/mol. The number of aromatic nitrogens is 2. The van der Waals surface area contributed by atoms with Gasteiger partial charge in [-0.1, -0.05) is 86.6 Å². The van der Waals surface area contributed by atoms with Crippen LogP contribution < -0.4 is 9.64 Å². The van der Waals surface area contributed by atoms with Crippen LogP contribution in [0.2, 0.25) is 0 Å². The first-order chi connectivity index (χ1) is 17.1. The van der Waals surface area contributed by atoms with Crippen LogP contribution in [0.25, 0.3) is 11.3 Å². The number of fused-ring (bicyclic) bond motifs is 2. The number of rotatable bonds is 4. The Hall–Kier alpha value is -4.44. The summed E-state index contributed by atoms with van der Waals surface area (Å²) < 4.78 is 6.12. The van der Waals surface area contributed by atoms with E-state index < -0.39 is 0 Å². The van der Waals surface area contributed by atoms with E-state index in [1.54, 1.807) is 0 Å². The highest BCUT2D eigenvalue weighted by atomic mass is 16.5. The highest BCUT2D eigenvalue weighted by molar-refractivity contribution is 5.83. The quantitative estimate of drug-likeness (QED) is 0.275. The van der Waals surface area contributed by atoms with Gasteiger partial charge in [-0.05, 0) is 42.0 Å². The Morgan fingerprint density at radius 1 is 0.629 bits per heavy atom. The summed E-state index contributed by atoms with van der Waals surface area (Å²) in [7, 11) is 0. The van der Waals surface area contributed by atoms with Gasteiger partial charge in [0.15, 0.2) is 0 Å². The van der Waals surface area contributed by atoms with Gasteiger partial charge in [0.1, 0.15) is 17.4 Å². The number of para-hydroxylation sites is 2. The Kier molecular flexibility index (Phi) is 5.07. The van der Waals surface area contributed by atoms with E-state index in [0.29, 0.717) is 5.88 Å². The molecule has 5 aromatic rings. The lowest BCUT2D eigenvalue weighted by molar-refractivity contribution is 0.461. The van der Waals surface area contributed by atoms with E-state index in [1.165, 1.54) is 5.56 Å². The summed E-state index contributed by atoms with van der Waals surface area (Å²) in [4.78, 5) is 12.3. The number of hydrogen-bond donors (Lipinski definition) is 0. The van der Waals surface area contributed by atoms with Crippen molar-refractivity contribution in [1.29, 1.82) is 0 Å². The molecule has 6 rings (SSSR count). The molecular formula is C31H25N3O.